The number of nitrogens with two attached hydrogens (primary N) is 1. The standard InChI is InChI=1S/C16H16N4O/c1-11-5-6-14(12(2)19-11)16(21)20-15-10-13(4-3-8-17)7-9-18-15/h5-7,9-10H,8,17H2,1-2H3,(H,18,20,21). The second-order valence-electron chi connectivity index (χ2n) is 4.48. The Labute approximate surface area is 123 Å². The predicted molar refractivity (Wildman–Crippen MR) is 81.8 cm³/mol. The summed E-state index contributed by atoms with van der Waals surface area (Å²) < 4.78 is 0. The molecule has 0 aliphatic carbocycles. The molecule has 0 unspecified atom stereocenters. The van der Waals surface area contributed by atoms with E-state index in [0.717, 1.165) is 11.3 Å². The maximum absolute atomic E-state index is 12.2. The smallest absolute Gasteiger partial charge is 0.258 e. The van der Waals surface area contributed by atoms with Crippen molar-refractivity contribution in [2.75, 3.05) is 11.9 Å². The van der Waals surface area contributed by atoms with Crippen molar-refractivity contribution >= 4 is 11.7 Å². The lowest BCUT2D eigenvalue weighted by Crippen LogP contribution is -2.15. The third-order valence-corrected chi connectivity index (χ3v) is 2.81. The number of hydrogen-bond acceptors (Lipinski definition) is 4. The Kier molecular flexibility index (Phi) is 4.64. The minimum Gasteiger partial charge on any atom is -0.320 e. The molecule has 0 atom stereocenters. The van der Waals surface area contributed by atoms with E-state index in [2.05, 4.69) is 27.1 Å². The minimum absolute atomic E-state index is 0.239. The van der Waals surface area contributed by atoms with E-state index in [4.69, 9.17) is 5.73 Å². The number of hydrogen-bond donors (Lipinski definition) is 2. The summed E-state index contributed by atoms with van der Waals surface area (Å²) in [4.78, 5) is 20.6. The molecule has 2 heterocycles. The second kappa shape index (κ2) is 6.64. The highest BCUT2D eigenvalue weighted by Crippen LogP contribution is 2.11. The van der Waals surface area contributed by atoms with Crippen molar-refractivity contribution in [2.45, 2.75) is 13.8 Å². The van der Waals surface area contributed by atoms with E-state index in [1.165, 1.54) is 0 Å². The normalized spacial score (nSPS) is 9.67. The molecule has 2 aromatic rings. The van der Waals surface area contributed by atoms with Gasteiger partial charge in [-0.1, -0.05) is 11.8 Å². The third-order valence-electron chi connectivity index (χ3n) is 2.81. The lowest BCUT2D eigenvalue weighted by Gasteiger charge is -2.07. The molecule has 0 aliphatic rings. The Bertz CT molecular complexity index is 729. The van der Waals surface area contributed by atoms with Gasteiger partial charge in [-0.25, -0.2) is 4.98 Å². The zero-order chi connectivity index (χ0) is 15.2. The van der Waals surface area contributed by atoms with E-state index in [1.807, 2.05) is 6.92 Å². The Morgan fingerprint density at radius 1 is 1.33 bits per heavy atom. The fourth-order valence-electron chi connectivity index (χ4n) is 1.84. The van der Waals surface area contributed by atoms with E-state index in [1.54, 1.807) is 37.4 Å². The Balaban J connectivity index is 2.19. The zero-order valence-electron chi connectivity index (χ0n) is 12.0. The molecule has 106 valence electrons. The molecule has 5 nitrogen and oxygen atoms in total. The number of aryl methyl sites for hydroxylation is 2. The van der Waals surface area contributed by atoms with Crippen molar-refractivity contribution in [3.8, 4) is 11.8 Å². The fourth-order valence-corrected chi connectivity index (χ4v) is 1.84. The summed E-state index contributed by atoms with van der Waals surface area (Å²) in [7, 11) is 0. The van der Waals surface area contributed by atoms with Crippen molar-refractivity contribution in [3.63, 3.8) is 0 Å². The topological polar surface area (TPSA) is 80.9 Å². The number of carbonyl (C=O) groups is 1. The van der Waals surface area contributed by atoms with Crippen molar-refractivity contribution in [1.29, 1.82) is 0 Å². The fraction of sp³-hybridized carbons (Fsp3) is 0.188. The quantitative estimate of drug-likeness (QED) is 0.820. The highest BCUT2D eigenvalue weighted by Gasteiger charge is 2.10. The number of pyridine rings is 2. The van der Waals surface area contributed by atoms with Crippen molar-refractivity contribution in [1.82, 2.24) is 9.97 Å². The summed E-state index contributed by atoms with van der Waals surface area (Å²) in [5, 5.41) is 2.75. The summed E-state index contributed by atoms with van der Waals surface area (Å²) in [6, 6.07) is 7.03. The average molecular weight is 280 g/mol. The SMILES string of the molecule is Cc1ccc(C(=O)Nc2cc(C#CCN)ccn2)c(C)n1. The largest absolute Gasteiger partial charge is 0.320 e. The molecule has 3 N–H and O–H groups in total. The number of amides is 1. The van der Waals surface area contributed by atoms with Crippen LogP contribution in [0.2, 0.25) is 0 Å². The first-order chi connectivity index (χ1) is 10.1. The molecule has 0 radical (unpaired) electrons. The number of rotatable bonds is 2. The molecule has 2 rings (SSSR count). The Morgan fingerprint density at radius 2 is 2.14 bits per heavy atom. The zero-order valence-corrected chi connectivity index (χ0v) is 12.0. The monoisotopic (exact) mass is 280 g/mol. The molecule has 0 saturated carbocycles. The predicted octanol–water partition coefficient (Wildman–Crippen LogP) is 1.66. The van der Waals surface area contributed by atoms with Crippen LogP contribution in [0.25, 0.3) is 0 Å². The van der Waals surface area contributed by atoms with Crippen LogP contribution >= 0.6 is 0 Å². The highest BCUT2D eigenvalue weighted by molar-refractivity contribution is 6.04. The van der Waals surface area contributed by atoms with Gasteiger partial charge in [-0.2, -0.15) is 0 Å². The molecule has 0 spiro atoms. The van der Waals surface area contributed by atoms with Crippen LogP contribution in [0.3, 0.4) is 0 Å². The summed E-state index contributed by atoms with van der Waals surface area (Å²) in [6.45, 7) is 3.98. The van der Waals surface area contributed by atoms with Crippen molar-refractivity contribution < 1.29 is 4.79 Å². The van der Waals surface area contributed by atoms with E-state index in [9.17, 15) is 4.79 Å². The van der Waals surface area contributed by atoms with Gasteiger partial charge in [0.2, 0.25) is 0 Å². The molecule has 0 aliphatic heterocycles. The van der Waals surface area contributed by atoms with Gasteiger partial charge in [0.15, 0.2) is 0 Å². The van der Waals surface area contributed by atoms with Gasteiger partial charge in [-0.3, -0.25) is 9.78 Å². The molecule has 0 fully saturated rings. The van der Waals surface area contributed by atoms with Crippen molar-refractivity contribution in [2.24, 2.45) is 5.73 Å². The molecule has 21 heavy (non-hydrogen) atoms. The number of carbonyl (C=O) groups excluding carboxylic acids is 1. The Morgan fingerprint density at radius 3 is 2.86 bits per heavy atom. The molecule has 5 heteroatoms. The number of aromatic nitrogens is 2. The first kappa shape index (κ1) is 14.7. The molecular formula is C16H16N4O. The van der Waals surface area contributed by atoms with Gasteiger partial charge in [0, 0.05) is 17.5 Å². The van der Waals surface area contributed by atoms with Gasteiger partial charge in [-0.15, -0.1) is 0 Å². The van der Waals surface area contributed by atoms with Crippen LogP contribution in [0.1, 0.15) is 27.3 Å². The van der Waals surface area contributed by atoms with Gasteiger partial charge in [0.1, 0.15) is 5.82 Å². The van der Waals surface area contributed by atoms with E-state index in [0.29, 0.717) is 17.1 Å². The lowest BCUT2D eigenvalue weighted by atomic mass is 10.1. The summed E-state index contributed by atoms with van der Waals surface area (Å²) in [5.41, 5.74) is 8.18. The first-order valence-electron chi connectivity index (χ1n) is 6.50. The van der Waals surface area contributed by atoms with Crippen LogP contribution in [-0.4, -0.2) is 22.4 Å². The number of anilines is 1. The molecule has 1 amide bonds. The molecule has 2 aromatic heterocycles. The van der Waals surface area contributed by atoms with E-state index >= 15 is 0 Å². The van der Waals surface area contributed by atoms with Gasteiger partial charge in [0.25, 0.3) is 5.91 Å². The summed E-state index contributed by atoms with van der Waals surface area (Å²) in [5.74, 6) is 5.87. The second-order valence-corrected chi connectivity index (χ2v) is 4.48. The molecule has 0 saturated heterocycles. The first-order valence-corrected chi connectivity index (χ1v) is 6.50. The van der Waals surface area contributed by atoms with Crippen LogP contribution < -0.4 is 11.1 Å². The molecule has 0 aromatic carbocycles. The average Bonchev–Trinajstić information content (AvgIpc) is 2.45. The van der Waals surface area contributed by atoms with Gasteiger partial charge in [-0.05, 0) is 38.1 Å². The van der Waals surface area contributed by atoms with Crippen LogP contribution in [0.5, 0.6) is 0 Å². The van der Waals surface area contributed by atoms with E-state index in [-0.39, 0.29) is 12.5 Å². The summed E-state index contributed by atoms with van der Waals surface area (Å²) >= 11 is 0. The van der Waals surface area contributed by atoms with Gasteiger partial charge >= 0.3 is 0 Å². The van der Waals surface area contributed by atoms with Crippen LogP contribution in [0.4, 0.5) is 5.82 Å². The highest BCUT2D eigenvalue weighted by atomic mass is 16.1. The minimum atomic E-state index is -0.239. The molecular weight excluding hydrogens is 264 g/mol. The lowest BCUT2D eigenvalue weighted by molar-refractivity contribution is 0.102. The third kappa shape index (κ3) is 3.88. The van der Waals surface area contributed by atoms with Crippen LogP contribution in [0.15, 0.2) is 30.5 Å². The van der Waals surface area contributed by atoms with Gasteiger partial charge in [0.05, 0.1) is 17.8 Å². The number of nitrogens with one attached hydrogen (secondary N) is 1. The van der Waals surface area contributed by atoms with Crippen LogP contribution in [-0.2, 0) is 0 Å². The summed E-state index contributed by atoms with van der Waals surface area (Å²) in [6.07, 6.45) is 1.59. The maximum Gasteiger partial charge on any atom is 0.258 e. The maximum atomic E-state index is 12.2. The molecule has 0 bridgehead atoms. The van der Waals surface area contributed by atoms with Crippen LogP contribution in [0, 0.1) is 25.7 Å². The van der Waals surface area contributed by atoms with Gasteiger partial charge < -0.3 is 11.1 Å². The Hall–Kier alpha value is -2.71. The van der Waals surface area contributed by atoms with E-state index < -0.39 is 0 Å². The van der Waals surface area contributed by atoms with Crippen molar-refractivity contribution in [3.05, 3.63) is 53.0 Å². The number of nitrogens with zero attached hydrogens (tertiary/aromatic N) is 2.